The first-order valence-corrected chi connectivity index (χ1v) is 12.6. The Hall–Kier alpha value is -3.82. The number of carbonyl (C=O) groups is 2. The smallest absolute Gasteiger partial charge is 0.295 e. The van der Waals surface area contributed by atoms with Crippen LogP contribution in [-0.2, 0) is 14.3 Å². The van der Waals surface area contributed by atoms with Crippen molar-refractivity contribution in [1.82, 2.24) is 9.80 Å². The third kappa shape index (κ3) is 5.84. The SMILES string of the molecule is C=CCOc1ccc([C@H]2C(=C(O)c3ccc(OC)c(OC)c3)C(=O)C(=O)N2CCCN2CCOCC2)cc1. The lowest BCUT2D eigenvalue weighted by atomic mass is 9.95. The largest absolute Gasteiger partial charge is 0.507 e. The molecule has 2 aromatic rings. The second-order valence-electron chi connectivity index (χ2n) is 9.04. The first kappa shape index (κ1) is 27.2. The summed E-state index contributed by atoms with van der Waals surface area (Å²) in [6.45, 7) is 8.23. The Morgan fingerprint density at radius 2 is 1.76 bits per heavy atom. The minimum absolute atomic E-state index is 0.0355. The number of nitrogens with zero attached hydrogens (tertiary/aromatic N) is 2. The molecule has 202 valence electrons. The van der Waals surface area contributed by atoms with Crippen LogP contribution in [0, 0.1) is 0 Å². The summed E-state index contributed by atoms with van der Waals surface area (Å²) in [7, 11) is 3.01. The normalized spacial score (nSPS) is 19.4. The van der Waals surface area contributed by atoms with Gasteiger partial charge in [0.15, 0.2) is 11.5 Å². The molecule has 1 amide bonds. The van der Waals surface area contributed by atoms with Crippen LogP contribution in [0.15, 0.2) is 60.7 Å². The summed E-state index contributed by atoms with van der Waals surface area (Å²) in [5.74, 6) is -0.0998. The maximum absolute atomic E-state index is 13.3. The zero-order valence-electron chi connectivity index (χ0n) is 21.9. The van der Waals surface area contributed by atoms with Crippen molar-refractivity contribution in [3.8, 4) is 17.2 Å². The molecule has 0 aromatic heterocycles. The van der Waals surface area contributed by atoms with Crippen molar-refractivity contribution < 1.29 is 33.6 Å². The van der Waals surface area contributed by atoms with E-state index in [-0.39, 0.29) is 11.3 Å². The van der Waals surface area contributed by atoms with Crippen LogP contribution in [0.25, 0.3) is 5.76 Å². The average Bonchev–Trinajstić information content (AvgIpc) is 3.21. The summed E-state index contributed by atoms with van der Waals surface area (Å²) in [5.41, 5.74) is 1.09. The van der Waals surface area contributed by atoms with Crippen LogP contribution in [-0.4, -0.2) is 86.8 Å². The third-order valence-corrected chi connectivity index (χ3v) is 6.74. The molecule has 38 heavy (non-hydrogen) atoms. The third-order valence-electron chi connectivity index (χ3n) is 6.74. The Bertz CT molecular complexity index is 1190. The summed E-state index contributed by atoms with van der Waals surface area (Å²) in [6, 6.07) is 11.3. The maximum Gasteiger partial charge on any atom is 0.295 e. The molecule has 9 nitrogen and oxygen atoms in total. The lowest BCUT2D eigenvalue weighted by Crippen LogP contribution is -2.38. The van der Waals surface area contributed by atoms with Gasteiger partial charge in [-0.25, -0.2) is 0 Å². The van der Waals surface area contributed by atoms with E-state index in [1.165, 1.54) is 14.2 Å². The van der Waals surface area contributed by atoms with E-state index in [4.69, 9.17) is 18.9 Å². The van der Waals surface area contributed by atoms with Crippen molar-refractivity contribution in [3.63, 3.8) is 0 Å². The lowest BCUT2D eigenvalue weighted by molar-refractivity contribution is -0.140. The quantitative estimate of drug-likeness (QED) is 0.208. The molecular weight excluding hydrogens is 488 g/mol. The van der Waals surface area contributed by atoms with Gasteiger partial charge < -0.3 is 29.0 Å². The molecule has 2 saturated heterocycles. The molecule has 0 radical (unpaired) electrons. The van der Waals surface area contributed by atoms with E-state index in [9.17, 15) is 14.7 Å². The van der Waals surface area contributed by atoms with Gasteiger partial charge in [0.25, 0.3) is 11.7 Å². The summed E-state index contributed by atoms with van der Waals surface area (Å²) in [6.07, 6.45) is 2.33. The number of amides is 1. The van der Waals surface area contributed by atoms with E-state index < -0.39 is 17.7 Å². The lowest BCUT2D eigenvalue weighted by Gasteiger charge is -2.29. The predicted octanol–water partition coefficient (Wildman–Crippen LogP) is 3.41. The Morgan fingerprint density at radius 3 is 2.42 bits per heavy atom. The van der Waals surface area contributed by atoms with Crippen LogP contribution < -0.4 is 14.2 Å². The van der Waals surface area contributed by atoms with Gasteiger partial charge in [0.2, 0.25) is 0 Å². The first-order valence-electron chi connectivity index (χ1n) is 12.6. The highest BCUT2D eigenvalue weighted by molar-refractivity contribution is 6.46. The second-order valence-corrected chi connectivity index (χ2v) is 9.04. The highest BCUT2D eigenvalue weighted by Gasteiger charge is 2.45. The highest BCUT2D eigenvalue weighted by atomic mass is 16.5. The number of hydrogen-bond acceptors (Lipinski definition) is 8. The molecule has 0 bridgehead atoms. The summed E-state index contributed by atoms with van der Waals surface area (Å²) in [5, 5.41) is 11.4. The van der Waals surface area contributed by atoms with Gasteiger partial charge >= 0.3 is 0 Å². The van der Waals surface area contributed by atoms with Gasteiger partial charge in [-0.1, -0.05) is 24.8 Å². The van der Waals surface area contributed by atoms with Gasteiger partial charge in [0.1, 0.15) is 18.1 Å². The minimum atomic E-state index is -0.749. The van der Waals surface area contributed by atoms with E-state index in [0.29, 0.717) is 61.2 Å². The Kier molecular flexibility index (Phi) is 9.04. The molecule has 9 heteroatoms. The number of likely N-dealkylation sites (tertiary alicyclic amines) is 1. The summed E-state index contributed by atoms with van der Waals surface area (Å²) >= 11 is 0. The van der Waals surface area contributed by atoms with Crippen LogP contribution in [0.2, 0.25) is 0 Å². The molecule has 0 aliphatic carbocycles. The highest BCUT2D eigenvalue weighted by Crippen LogP contribution is 2.41. The number of Topliss-reactive ketones (excluding diaryl/α,β-unsaturated/α-hetero) is 1. The van der Waals surface area contributed by atoms with Crippen molar-refractivity contribution in [2.24, 2.45) is 0 Å². The Labute approximate surface area is 222 Å². The topological polar surface area (TPSA) is 97.8 Å². The van der Waals surface area contributed by atoms with E-state index in [1.807, 2.05) is 12.1 Å². The number of ketones is 1. The van der Waals surface area contributed by atoms with Gasteiger partial charge in [0.05, 0.1) is 39.0 Å². The molecule has 1 atom stereocenters. The molecule has 2 fully saturated rings. The fourth-order valence-corrected chi connectivity index (χ4v) is 4.79. The van der Waals surface area contributed by atoms with Crippen LogP contribution in [0.1, 0.15) is 23.6 Å². The number of rotatable bonds is 11. The van der Waals surface area contributed by atoms with E-state index in [2.05, 4.69) is 11.5 Å². The van der Waals surface area contributed by atoms with Crippen molar-refractivity contribution >= 4 is 17.4 Å². The first-order chi connectivity index (χ1) is 18.5. The maximum atomic E-state index is 13.3. The molecule has 0 unspecified atom stereocenters. The van der Waals surface area contributed by atoms with E-state index in [0.717, 1.165) is 19.6 Å². The molecule has 1 N–H and O–H groups in total. The minimum Gasteiger partial charge on any atom is -0.507 e. The van der Waals surface area contributed by atoms with Gasteiger partial charge in [-0.3, -0.25) is 14.5 Å². The predicted molar refractivity (Wildman–Crippen MR) is 143 cm³/mol. The number of hydrogen-bond donors (Lipinski definition) is 1. The molecule has 0 spiro atoms. The van der Waals surface area contributed by atoms with Crippen LogP contribution in [0.3, 0.4) is 0 Å². The fraction of sp³-hybridized carbons (Fsp3) is 0.379. The van der Waals surface area contributed by atoms with Gasteiger partial charge in [-0.2, -0.15) is 0 Å². The molecule has 2 heterocycles. The second kappa shape index (κ2) is 12.6. The molecule has 2 aromatic carbocycles. The molecule has 4 rings (SSSR count). The number of morpholine rings is 1. The Balaban J connectivity index is 1.69. The van der Waals surface area contributed by atoms with Gasteiger partial charge in [-0.15, -0.1) is 0 Å². The number of aliphatic hydroxyl groups excluding tert-OH is 1. The van der Waals surface area contributed by atoms with Crippen molar-refractivity contribution in [2.75, 3.05) is 60.2 Å². The van der Waals surface area contributed by atoms with E-state index in [1.54, 1.807) is 41.3 Å². The molecule has 2 aliphatic heterocycles. The van der Waals surface area contributed by atoms with Gasteiger partial charge in [0, 0.05) is 31.7 Å². The van der Waals surface area contributed by atoms with Crippen molar-refractivity contribution in [1.29, 1.82) is 0 Å². The summed E-state index contributed by atoms with van der Waals surface area (Å²) in [4.78, 5) is 30.4. The summed E-state index contributed by atoms with van der Waals surface area (Å²) < 4.78 is 21.7. The molecular formula is C29H34N2O7. The number of benzene rings is 2. The fourth-order valence-electron chi connectivity index (χ4n) is 4.79. The molecule has 2 aliphatic rings. The zero-order valence-corrected chi connectivity index (χ0v) is 21.9. The van der Waals surface area contributed by atoms with Crippen molar-refractivity contribution in [3.05, 3.63) is 71.8 Å². The van der Waals surface area contributed by atoms with Crippen molar-refractivity contribution in [2.45, 2.75) is 12.5 Å². The Morgan fingerprint density at radius 1 is 1.05 bits per heavy atom. The number of ether oxygens (including phenoxy) is 4. The average molecular weight is 523 g/mol. The number of carbonyl (C=O) groups excluding carboxylic acids is 2. The van der Waals surface area contributed by atoms with Crippen LogP contribution in [0.4, 0.5) is 0 Å². The van der Waals surface area contributed by atoms with Crippen LogP contribution in [0.5, 0.6) is 17.2 Å². The van der Waals surface area contributed by atoms with Crippen LogP contribution >= 0.6 is 0 Å². The van der Waals surface area contributed by atoms with Gasteiger partial charge in [-0.05, 0) is 42.3 Å². The monoisotopic (exact) mass is 522 g/mol. The number of aliphatic hydroxyl groups is 1. The zero-order chi connectivity index (χ0) is 27.1. The molecule has 0 saturated carbocycles. The van der Waals surface area contributed by atoms with E-state index >= 15 is 0 Å². The number of methoxy groups -OCH3 is 2. The standard InChI is InChI=1S/C29H34N2O7/c1-4-16-38-22-9-6-20(7-10-22)26-25(27(32)21-8-11-23(35-2)24(19-21)36-3)28(33)29(34)31(26)13-5-12-30-14-17-37-18-15-30/h4,6-11,19,26,32H,1,5,12-18H2,2-3H3/t26-/m0/s1.